The summed E-state index contributed by atoms with van der Waals surface area (Å²) in [4.78, 5) is 13.9. The Bertz CT molecular complexity index is 223. The van der Waals surface area contributed by atoms with E-state index >= 15 is 0 Å². The predicted molar refractivity (Wildman–Crippen MR) is 63.6 cm³/mol. The van der Waals surface area contributed by atoms with Crippen LogP contribution in [0, 0.1) is 11.8 Å². The lowest BCUT2D eigenvalue weighted by atomic mass is 9.97. The van der Waals surface area contributed by atoms with Crippen LogP contribution in [-0.2, 0) is 4.79 Å². The highest BCUT2D eigenvalue weighted by Crippen LogP contribution is 2.18. The van der Waals surface area contributed by atoms with E-state index in [2.05, 4.69) is 20.4 Å². The minimum absolute atomic E-state index is 0.329. The first kappa shape index (κ1) is 12.3. The molecule has 1 aliphatic heterocycles. The van der Waals surface area contributed by atoms with Crippen molar-refractivity contribution in [2.24, 2.45) is 11.8 Å². The van der Waals surface area contributed by atoms with Gasteiger partial charge in [-0.15, -0.1) is 6.58 Å². The lowest BCUT2D eigenvalue weighted by Crippen LogP contribution is -2.39. The second-order valence-electron chi connectivity index (χ2n) is 4.91. The van der Waals surface area contributed by atoms with Gasteiger partial charge in [0.1, 0.15) is 0 Å². The zero-order valence-corrected chi connectivity index (χ0v) is 10.0. The summed E-state index contributed by atoms with van der Waals surface area (Å²) < 4.78 is 0. The molecule has 1 amide bonds. The summed E-state index contributed by atoms with van der Waals surface area (Å²) in [6, 6.07) is 0. The van der Waals surface area contributed by atoms with Crippen LogP contribution >= 0.6 is 0 Å². The van der Waals surface area contributed by atoms with Crippen LogP contribution in [0.15, 0.2) is 12.7 Å². The molecule has 0 aromatic heterocycles. The Balaban J connectivity index is 2.35. The Morgan fingerprint density at radius 1 is 1.60 bits per heavy atom. The fourth-order valence-electron chi connectivity index (χ4n) is 2.00. The summed E-state index contributed by atoms with van der Waals surface area (Å²) in [5, 5.41) is 0. The molecule has 2 heteroatoms. The van der Waals surface area contributed by atoms with Crippen LogP contribution in [0.25, 0.3) is 0 Å². The zero-order chi connectivity index (χ0) is 11.3. The third-order valence-electron chi connectivity index (χ3n) is 3.08. The maximum absolute atomic E-state index is 11.9. The van der Waals surface area contributed by atoms with E-state index in [1.54, 1.807) is 0 Å². The maximum Gasteiger partial charge on any atom is 0.222 e. The van der Waals surface area contributed by atoms with Gasteiger partial charge in [-0.25, -0.2) is 0 Å². The van der Waals surface area contributed by atoms with Crippen LogP contribution in [-0.4, -0.2) is 23.9 Å². The minimum atomic E-state index is 0.329. The summed E-state index contributed by atoms with van der Waals surface area (Å²) in [6.07, 6.45) is 6.03. The number of carbonyl (C=O) groups is 1. The molecule has 86 valence electrons. The van der Waals surface area contributed by atoms with Crippen LogP contribution in [0.2, 0.25) is 0 Å². The Kier molecular flexibility index (Phi) is 4.86. The third-order valence-corrected chi connectivity index (χ3v) is 3.08. The molecule has 1 saturated heterocycles. The smallest absolute Gasteiger partial charge is 0.222 e. The van der Waals surface area contributed by atoms with E-state index < -0.39 is 0 Å². The highest BCUT2D eigenvalue weighted by molar-refractivity contribution is 5.76. The number of hydrogen-bond acceptors (Lipinski definition) is 1. The van der Waals surface area contributed by atoms with Crippen molar-refractivity contribution < 1.29 is 4.79 Å². The quantitative estimate of drug-likeness (QED) is 0.652. The largest absolute Gasteiger partial charge is 0.342 e. The first-order chi connectivity index (χ1) is 7.13. The van der Waals surface area contributed by atoms with Gasteiger partial charge in [-0.3, -0.25) is 4.79 Å². The van der Waals surface area contributed by atoms with Crippen LogP contribution in [0.3, 0.4) is 0 Å². The van der Waals surface area contributed by atoms with Gasteiger partial charge in [-0.2, -0.15) is 0 Å². The molecule has 0 N–H and O–H groups in total. The van der Waals surface area contributed by atoms with E-state index in [0.29, 0.717) is 24.2 Å². The summed E-state index contributed by atoms with van der Waals surface area (Å²) in [5.41, 5.74) is 0. The number of carbonyl (C=O) groups excluding carboxylic acids is 1. The van der Waals surface area contributed by atoms with Crippen LogP contribution in [0.4, 0.5) is 0 Å². The molecule has 1 fully saturated rings. The SMILES string of the molecule is C=CC1CCCN(C(=O)CCC(C)C)C1. The van der Waals surface area contributed by atoms with E-state index in [4.69, 9.17) is 0 Å². The molecule has 0 bridgehead atoms. The fraction of sp³-hybridized carbons (Fsp3) is 0.769. The molecule has 0 spiro atoms. The van der Waals surface area contributed by atoms with Gasteiger partial charge < -0.3 is 4.90 Å². The van der Waals surface area contributed by atoms with Crippen molar-refractivity contribution in [2.75, 3.05) is 13.1 Å². The molecule has 1 aliphatic rings. The lowest BCUT2D eigenvalue weighted by molar-refractivity contribution is -0.132. The Morgan fingerprint density at radius 3 is 2.93 bits per heavy atom. The topological polar surface area (TPSA) is 20.3 Å². The van der Waals surface area contributed by atoms with Crippen LogP contribution in [0.1, 0.15) is 39.5 Å². The molecule has 0 saturated carbocycles. The highest BCUT2D eigenvalue weighted by Gasteiger charge is 2.21. The Hall–Kier alpha value is -0.790. The lowest BCUT2D eigenvalue weighted by Gasteiger charge is -2.31. The number of amides is 1. The monoisotopic (exact) mass is 209 g/mol. The standard InChI is InChI=1S/C13H23NO/c1-4-12-6-5-9-14(10-12)13(15)8-7-11(2)3/h4,11-12H,1,5-10H2,2-3H3. The molecular formula is C13H23NO. The van der Waals surface area contributed by atoms with Gasteiger partial charge in [0.25, 0.3) is 0 Å². The van der Waals surface area contributed by atoms with Gasteiger partial charge in [-0.1, -0.05) is 19.9 Å². The summed E-state index contributed by atoms with van der Waals surface area (Å²) in [7, 11) is 0. The molecule has 0 aromatic rings. The first-order valence-corrected chi connectivity index (χ1v) is 6.03. The van der Waals surface area contributed by atoms with E-state index in [9.17, 15) is 4.79 Å². The number of hydrogen-bond donors (Lipinski definition) is 0. The molecule has 0 radical (unpaired) electrons. The normalized spacial score (nSPS) is 21.8. The van der Waals surface area contributed by atoms with Crippen molar-refractivity contribution >= 4 is 5.91 Å². The second kappa shape index (κ2) is 5.94. The molecule has 15 heavy (non-hydrogen) atoms. The van der Waals surface area contributed by atoms with Crippen molar-refractivity contribution in [2.45, 2.75) is 39.5 Å². The predicted octanol–water partition coefficient (Wildman–Crippen LogP) is 2.85. The molecule has 0 aliphatic carbocycles. The van der Waals surface area contributed by atoms with E-state index in [0.717, 1.165) is 25.9 Å². The Labute approximate surface area is 93.3 Å². The van der Waals surface area contributed by atoms with Crippen molar-refractivity contribution in [1.82, 2.24) is 4.90 Å². The fourth-order valence-corrected chi connectivity index (χ4v) is 2.00. The van der Waals surface area contributed by atoms with Gasteiger partial charge in [0.05, 0.1) is 0 Å². The van der Waals surface area contributed by atoms with E-state index in [-0.39, 0.29) is 0 Å². The number of rotatable bonds is 4. The molecule has 1 atom stereocenters. The number of piperidine rings is 1. The van der Waals surface area contributed by atoms with Gasteiger partial charge in [0.15, 0.2) is 0 Å². The molecule has 1 unspecified atom stereocenters. The molecule has 1 rings (SSSR count). The Morgan fingerprint density at radius 2 is 2.33 bits per heavy atom. The van der Waals surface area contributed by atoms with Gasteiger partial charge in [-0.05, 0) is 31.1 Å². The second-order valence-corrected chi connectivity index (χ2v) is 4.91. The average Bonchev–Trinajstić information content (AvgIpc) is 2.26. The molecular weight excluding hydrogens is 186 g/mol. The zero-order valence-electron chi connectivity index (χ0n) is 10.0. The van der Waals surface area contributed by atoms with Crippen molar-refractivity contribution in [3.05, 3.63) is 12.7 Å². The van der Waals surface area contributed by atoms with Crippen LogP contribution in [0.5, 0.6) is 0 Å². The summed E-state index contributed by atoms with van der Waals surface area (Å²) >= 11 is 0. The van der Waals surface area contributed by atoms with Crippen LogP contribution < -0.4 is 0 Å². The molecule has 2 nitrogen and oxygen atoms in total. The average molecular weight is 209 g/mol. The van der Waals surface area contributed by atoms with Gasteiger partial charge in [0.2, 0.25) is 5.91 Å². The van der Waals surface area contributed by atoms with E-state index in [1.807, 2.05) is 11.0 Å². The summed E-state index contributed by atoms with van der Waals surface area (Å²) in [5.74, 6) is 1.46. The summed E-state index contributed by atoms with van der Waals surface area (Å²) in [6.45, 7) is 9.97. The van der Waals surface area contributed by atoms with Crippen molar-refractivity contribution in [1.29, 1.82) is 0 Å². The van der Waals surface area contributed by atoms with Crippen molar-refractivity contribution in [3.63, 3.8) is 0 Å². The van der Waals surface area contributed by atoms with Crippen molar-refractivity contribution in [3.8, 4) is 0 Å². The molecule has 0 aromatic carbocycles. The van der Waals surface area contributed by atoms with Gasteiger partial charge in [0, 0.05) is 19.5 Å². The molecule has 1 heterocycles. The first-order valence-electron chi connectivity index (χ1n) is 6.03. The van der Waals surface area contributed by atoms with Gasteiger partial charge >= 0.3 is 0 Å². The number of likely N-dealkylation sites (tertiary alicyclic amines) is 1. The highest BCUT2D eigenvalue weighted by atomic mass is 16.2. The third kappa shape index (κ3) is 4.06. The minimum Gasteiger partial charge on any atom is -0.342 e. The number of nitrogens with zero attached hydrogens (tertiary/aromatic N) is 1. The maximum atomic E-state index is 11.9. The van der Waals surface area contributed by atoms with E-state index in [1.165, 1.54) is 6.42 Å².